The molecule has 1 aliphatic heterocycles. The van der Waals surface area contributed by atoms with Crippen molar-refractivity contribution in [2.75, 3.05) is 0 Å². The first-order valence-electron chi connectivity index (χ1n) is 7.46. The van der Waals surface area contributed by atoms with Gasteiger partial charge >= 0.3 is 0 Å². The lowest BCUT2D eigenvalue weighted by molar-refractivity contribution is 0.176. The molecule has 0 aliphatic carbocycles. The van der Waals surface area contributed by atoms with E-state index in [4.69, 9.17) is 11.6 Å². The van der Waals surface area contributed by atoms with E-state index in [0.717, 1.165) is 0 Å². The van der Waals surface area contributed by atoms with E-state index < -0.39 is 12.0 Å². The van der Waals surface area contributed by atoms with Crippen LogP contribution < -0.4 is 0 Å². The molecular weight excluding hydrogens is 347 g/mol. The van der Waals surface area contributed by atoms with Crippen LogP contribution in [0.4, 0.5) is 4.39 Å². The quantitative estimate of drug-likeness (QED) is 0.736. The molecule has 0 spiro atoms. The Bertz CT molecular complexity index is 1000. The average molecular weight is 359 g/mol. The highest BCUT2D eigenvalue weighted by atomic mass is 35.5. The molecule has 0 saturated carbocycles. The van der Waals surface area contributed by atoms with Crippen molar-refractivity contribution in [3.05, 3.63) is 76.1 Å². The largest absolute Gasteiger partial charge is 0.388 e. The minimum absolute atomic E-state index is 0.138. The highest BCUT2D eigenvalue weighted by molar-refractivity contribution is 6.31. The molecule has 0 radical (unpaired) electrons. The van der Waals surface area contributed by atoms with E-state index in [2.05, 4.69) is 15.2 Å². The van der Waals surface area contributed by atoms with Gasteiger partial charge in [0.1, 0.15) is 12.4 Å². The van der Waals surface area contributed by atoms with Crippen LogP contribution in [0, 0.1) is 5.82 Å². The summed E-state index contributed by atoms with van der Waals surface area (Å²) in [5, 5.41) is 28.2. The van der Waals surface area contributed by atoms with Crippen LogP contribution in [0.1, 0.15) is 29.0 Å². The Morgan fingerprint density at radius 2 is 1.92 bits per heavy atom. The SMILES string of the molecule is OCc1nnc2n1-c1ccc(Cl)cc1C(c1ccccc1F)=NC2O. The van der Waals surface area contributed by atoms with E-state index in [-0.39, 0.29) is 29.5 Å². The maximum Gasteiger partial charge on any atom is 0.207 e. The molecule has 4 rings (SSSR count). The number of rotatable bonds is 2. The Morgan fingerprint density at radius 1 is 1.12 bits per heavy atom. The number of hydrogen-bond donors (Lipinski definition) is 2. The van der Waals surface area contributed by atoms with Gasteiger partial charge in [-0.05, 0) is 30.3 Å². The van der Waals surface area contributed by atoms with Crippen molar-refractivity contribution in [2.45, 2.75) is 12.8 Å². The standard InChI is InChI=1S/C17H12ClFN4O2/c18-9-5-6-13-11(7-9)15(10-3-1-2-4-12(10)19)20-17(25)16-22-21-14(8-24)23(13)16/h1-7,17,24-25H,8H2. The van der Waals surface area contributed by atoms with Gasteiger partial charge in [0.2, 0.25) is 6.23 Å². The molecule has 2 N–H and O–H groups in total. The summed E-state index contributed by atoms with van der Waals surface area (Å²) in [6, 6.07) is 11.1. The predicted molar refractivity (Wildman–Crippen MR) is 89.3 cm³/mol. The zero-order valence-electron chi connectivity index (χ0n) is 12.8. The Balaban J connectivity index is 2.06. The minimum atomic E-state index is -1.37. The number of aliphatic imine (C=N–C) groups is 1. The molecule has 0 amide bonds. The topological polar surface area (TPSA) is 83.5 Å². The summed E-state index contributed by atoms with van der Waals surface area (Å²) in [5.41, 5.74) is 1.53. The number of aromatic nitrogens is 3. The van der Waals surface area contributed by atoms with Crippen LogP contribution in [-0.2, 0) is 6.61 Å². The van der Waals surface area contributed by atoms with Gasteiger partial charge in [0.25, 0.3) is 0 Å². The molecule has 1 unspecified atom stereocenters. The second kappa shape index (κ2) is 6.03. The molecule has 0 bridgehead atoms. The summed E-state index contributed by atoms with van der Waals surface area (Å²) in [6.07, 6.45) is -1.37. The van der Waals surface area contributed by atoms with Crippen LogP contribution in [0.5, 0.6) is 0 Å². The highest BCUT2D eigenvalue weighted by Gasteiger charge is 2.28. The van der Waals surface area contributed by atoms with Crippen LogP contribution in [-0.4, -0.2) is 30.7 Å². The number of halogens is 2. The smallest absolute Gasteiger partial charge is 0.207 e. The monoisotopic (exact) mass is 358 g/mol. The number of fused-ring (bicyclic) bond motifs is 3. The van der Waals surface area contributed by atoms with E-state index in [1.165, 1.54) is 10.6 Å². The Hall–Kier alpha value is -2.61. The summed E-state index contributed by atoms with van der Waals surface area (Å²) in [4.78, 5) is 4.25. The van der Waals surface area contributed by atoms with Gasteiger partial charge in [0.05, 0.1) is 11.4 Å². The molecular formula is C17H12ClFN4O2. The summed E-state index contributed by atoms with van der Waals surface area (Å²) in [7, 11) is 0. The molecule has 6 nitrogen and oxygen atoms in total. The Labute approximate surface area is 146 Å². The molecule has 1 atom stereocenters. The van der Waals surface area contributed by atoms with Crippen molar-refractivity contribution in [3.63, 3.8) is 0 Å². The first kappa shape index (κ1) is 15.9. The van der Waals surface area contributed by atoms with Crippen molar-refractivity contribution in [2.24, 2.45) is 4.99 Å². The normalized spacial score (nSPS) is 16.0. The number of hydrogen-bond acceptors (Lipinski definition) is 5. The summed E-state index contributed by atoms with van der Waals surface area (Å²) < 4.78 is 15.9. The van der Waals surface area contributed by atoms with Gasteiger partial charge in [0, 0.05) is 16.1 Å². The molecule has 0 saturated heterocycles. The third-order valence-corrected chi connectivity index (χ3v) is 4.20. The molecule has 2 heterocycles. The van der Waals surface area contributed by atoms with Crippen molar-refractivity contribution in [3.8, 4) is 5.69 Å². The van der Waals surface area contributed by atoms with Gasteiger partial charge in [-0.3, -0.25) is 4.57 Å². The molecule has 25 heavy (non-hydrogen) atoms. The van der Waals surface area contributed by atoms with E-state index in [1.54, 1.807) is 36.4 Å². The van der Waals surface area contributed by atoms with Crippen LogP contribution in [0.3, 0.4) is 0 Å². The number of aliphatic hydroxyl groups excluding tert-OH is 2. The second-order valence-corrected chi connectivity index (χ2v) is 5.90. The van der Waals surface area contributed by atoms with Crippen molar-refractivity contribution in [1.82, 2.24) is 14.8 Å². The fourth-order valence-electron chi connectivity index (χ4n) is 2.87. The fourth-order valence-corrected chi connectivity index (χ4v) is 3.04. The first-order chi connectivity index (χ1) is 12.1. The second-order valence-electron chi connectivity index (χ2n) is 5.46. The van der Waals surface area contributed by atoms with Crippen LogP contribution in [0.2, 0.25) is 5.02 Å². The van der Waals surface area contributed by atoms with Gasteiger partial charge in [-0.2, -0.15) is 0 Å². The van der Waals surface area contributed by atoms with Gasteiger partial charge in [-0.25, -0.2) is 9.38 Å². The van der Waals surface area contributed by atoms with E-state index >= 15 is 0 Å². The molecule has 1 aliphatic rings. The molecule has 126 valence electrons. The maximum atomic E-state index is 14.4. The molecule has 2 aromatic carbocycles. The Morgan fingerprint density at radius 3 is 2.68 bits per heavy atom. The van der Waals surface area contributed by atoms with Gasteiger partial charge in [-0.15, -0.1) is 10.2 Å². The summed E-state index contributed by atoms with van der Waals surface area (Å²) in [5.74, 6) is -0.0963. The lowest BCUT2D eigenvalue weighted by Crippen LogP contribution is -2.10. The Kier molecular flexibility index (Phi) is 3.84. The van der Waals surface area contributed by atoms with Crippen molar-refractivity contribution in [1.29, 1.82) is 0 Å². The third kappa shape index (κ3) is 2.53. The van der Waals surface area contributed by atoms with E-state index in [1.807, 2.05) is 0 Å². The molecule has 3 aromatic rings. The van der Waals surface area contributed by atoms with Crippen LogP contribution in [0.25, 0.3) is 5.69 Å². The fraction of sp³-hybridized carbons (Fsp3) is 0.118. The van der Waals surface area contributed by atoms with Crippen LogP contribution >= 0.6 is 11.6 Å². The zero-order valence-corrected chi connectivity index (χ0v) is 13.5. The molecule has 1 aromatic heterocycles. The minimum Gasteiger partial charge on any atom is -0.388 e. The summed E-state index contributed by atoms with van der Waals surface area (Å²) >= 11 is 6.13. The maximum absolute atomic E-state index is 14.4. The lowest BCUT2D eigenvalue weighted by Gasteiger charge is -2.13. The van der Waals surface area contributed by atoms with Crippen molar-refractivity contribution < 1.29 is 14.6 Å². The number of benzene rings is 2. The summed E-state index contributed by atoms with van der Waals surface area (Å²) in [6.45, 7) is -0.378. The third-order valence-electron chi connectivity index (χ3n) is 3.96. The lowest BCUT2D eigenvalue weighted by atomic mass is 10.00. The van der Waals surface area contributed by atoms with Gasteiger partial charge in [-0.1, -0.05) is 23.7 Å². The molecule has 8 heteroatoms. The van der Waals surface area contributed by atoms with E-state index in [0.29, 0.717) is 16.3 Å². The molecule has 0 fully saturated rings. The first-order valence-corrected chi connectivity index (χ1v) is 7.84. The predicted octanol–water partition coefficient (Wildman–Crippen LogP) is 2.39. The zero-order chi connectivity index (χ0) is 17.6. The van der Waals surface area contributed by atoms with Gasteiger partial charge in [0.15, 0.2) is 11.6 Å². The average Bonchev–Trinajstić information content (AvgIpc) is 2.99. The highest BCUT2D eigenvalue weighted by Crippen LogP contribution is 2.31. The van der Waals surface area contributed by atoms with Crippen LogP contribution in [0.15, 0.2) is 47.5 Å². The van der Waals surface area contributed by atoms with Crippen molar-refractivity contribution >= 4 is 17.3 Å². The number of nitrogens with zero attached hydrogens (tertiary/aromatic N) is 4. The number of aliphatic hydroxyl groups is 2. The van der Waals surface area contributed by atoms with E-state index in [9.17, 15) is 14.6 Å². The van der Waals surface area contributed by atoms with Gasteiger partial charge < -0.3 is 10.2 Å².